The second kappa shape index (κ2) is 6.97. The van der Waals surface area contributed by atoms with Gasteiger partial charge in [-0.05, 0) is 50.1 Å². The van der Waals surface area contributed by atoms with Crippen molar-refractivity contribution >= 4 is 49.7 Å². The van der Waals surface area contributed by atoms with Gasteiger partial charge < -0.3 is 9.72 Å². The molecule has 2 heterocycles. The Kier molecular flexibility index (Phi) is 4.15. The van der Waals surface area contributed by atoms with Gasteiger partial charge in [0.15, 0.2) is 0 Å². The zero-order valence-corrected chi connectivity index (χ0v) is 18.8. The molecule has 0 aliphatic heterocycles. The SMILES string of the molecule is CC(C)(C)OC(=O)n1c2ccccc2c2cc(-c3ccccc3)c3c4ccccc4[nH]c3c21. The third-order valence-corrected chi connectivity index (χ3v) is 6.08. The molecule has 0 aliphatic rings. The van der Waals surface area contributed by atoms with Crippen LogP contribution in [0.1, 0.15) is 20.8 Å². The molecule has 0 atom stereocenters. The van der Waals surface area contributed by atoms with Crippen molar-refractivity contribution in [3.8, 4) is 11.1 Å². The number of fused-ring (bicyclic) bond motifs is 7. The highest BCUT2D eigenvalue weighted by atomic mass is 16.6. The first-order valence-electron chi connectivity index (χ1n) is 11.2. The molecule has 0 saturated carbocycles. The van der Waals surface area contributed by atoms with Crippen LogP contribution >= 0.6 is 0 Å². The molecule has 0 aliphatic carbocycles. The average Bonchev–Trinajstić information content (AvgIpc) is 3.34. The molecule has 4 heteroatoms. The maximum absolute atomic E-state index is 13.5. The zero-order chi connectivity index (χ0) is 22.7. The molecule has 0 saturated heterocycles. The van der Waals surface area contributed by atoms with E-state index in [1.807, 2.05) is 51.1 Å². The first-order valence-corrected chi connectivity index (χ1v) is 11.2. The highest BCUT2D eigenvalue weighted by molar-refractivity contribution is 6.28. The summed E-state index contributed by atoms with van der Waals surface area (Å²) in [7, 11) is 0. The minimum atomic E-state index is -0.599. The Hall–Kier alpha value is -4.05. The fraction of sp³-hybridized carbons (Fsp3) is 0.138. The first-order chi connectivity index (χ1) is 15.9. The maximum Gasteiger partial charge on any atom is 0.419 e. The summed E-state index contributed by atoms with van der Waals surface area (Å²) in [5.74, 6) is 0. The van der Waals surface area contributed by atoms with Crippen LogP contribution in [0.3, 0.4) is 0 Å². The molecular formula is C29H24N2O2. The van der Waals surface area contributed by atoms with Gasteiger partial charge in [-0.3, -0.25) is 0 Å². The number of hydrogen-bond donors (Lipinski definition) is 1. The Morgan fingerprint density at radius 1 is 0.818 bits per heavy atom. The van der Waals surface area contributed by atoms with Crippen molar-refractivity contribution in [1.29, 1.82) is 0 Å². The molecular weight excluding hydrogens is 408 g/mol. The summed E-state index contributed by atoms with van der Waals surface area (Å²) in [6.45, 7) is 5.68. The van der Waals surface area contributed by atoms with Crippen LogP contribution < -0.4 is 0 Å². The molecule has 6 rings (SSSR count). The maximum atomic E-state index is 13.5. The van der Waals surface area contributed by atoms with Crippen LogP contribution in [0.25, 0.3) is 54.7 Å². The van der Waals surface area contributed by atoms with E-state index in [0.29, 0.717) is 0 Å². The number of H-pyrrole nitrogens is 1. The highest BCUT2D eigenvalue weighted by Gasteiger charge is 2.25. The van der Waals surface area contributed by atoms with Crippen molar-refractivity contribution < 1.29 is 9.53 Å². The molecule has 0 radical (unpaired) electrons. The lowest BCUT2D eigenvalue weighted by atomic mass is 9.97. The number of benzene rings is 4. The Balaban J connectivity index is 1.84. The number of nitrogens with zero attached hydrogens (tertiary/aromatic N) is 1. The van der Waals surface area contributed by atoms with E-state index < -0.39 is 5.60 Å². The van der Waals surface area contributed by atoms with E-state index >= 15 is 0 Å². The molecule has 4 aromatic carbocycles. The summed E-state index contributed by atoms with van der Waals surface area (Å²) < 4.78 is 7.57. The number of para-hydroxylation sites is 2. The van der Waals surface area contributed by atoms with Gasteiger partial charge in [-0.2, -0.15) is 0 Å². The van der Waals surface area contributed by atoms with E-state index in [0.717, 1.165) is 54.7 Å². The van der Waals surface area contributed by atoms with Crippen molar-refractivity contribution in [3.63, 3.8) is 0 Å². The van der Waals surface area contributed by atoms with Gasteiger partial charge >= 0.3 is 6.09 Å². The van der Waals surface area contributed by atoms with Crippen LogP contribution in [0, 0.1) is 0 Å². The van der Waals surface area contributed by atoms with Gasteiger partial charge in [0, 0.05) is 27.1 Å². The lowest BCUT2D eigenvalue weighted by molar-refractivity contribution is 0.0551. The Bertz CT molecular complexity index is 1680. The molecule has 1 N–H and O–H groups in total. The molecule has 0 spiro atoms. The van der Waals surface area contributed by atoms with Crippen LogP contribution in [0.15, 0.2) is 84.9 Å². The van der Waals surface area contributed by atoms with Gasteiger partial charge in [-0.15, -0.1) is 0 Å². The molecule has 0 bridgehead atoms. The lowest BCUT2D eigenvalue weighted by Crippen LogP contribution is -2.27. The van der Waals surface area contributed by atoms with Crippen LogP contribution in [0.5, 0.6) is 0 Å². The fourth-order valence-electron chi connectivity index (χ4n) is 4.82. The minimum Gasteiger partial charge on any atom is -0.443 e. The predicted molar refractivity (Wildman–Crippen MR) is 136 cm³/mol. The molecule has 33 heavy (non-hydrogen) atoms. The summed E-state index contributed by atoms with van der Waals surface area (Å²) >= 11 is 0. The molecule has 0 unspecified atom stereocenters. The van der Waals surface area contributed by atoms with Crippen LogP contribution in [0.2, 0.25) is 0 Å². The van der Waals surface area contributed by atoms with E-state index in [2.05, 4.69) is 59.6 Å². The van der Waals surface area contributed by atoms with Crippen molar-refractivity contribution in [2.45, 2.75) is 26.4 Å². The smallest absolute Gasteiger partial charge is 0.419 e. The summed E-state index contributed by atoms with van der Waals surface area (Å²) in [6.07, 6.45) is -0.374. The summed E-state index contributed by atoms with van der Waals surface area (Å²) in [6, 6.07) is 29.0. The van der Waals surface area contributed by atoms with Gasteiger partial charge in [0.1, 0.15) is 5.60 Å². The Morgan fingerprint density at radius 2 is 1.48 bits per heavy atom. The first kappa shape index (κ1) is 19.6. The monoisotopic (exact) mass is 432 g/mol. The van der Waals surface area contributed by atoms with Crippen LogP contribution in [-0.2, 0) is 4.74 Å². The van der Waals surface area contributed by atoms with Gasteiger partial charge in [-0.25, -0.2) is 9.36 Å². The van der Waals surface area contributed by atoms with Crippen LogP contribution in [-0.4, -0.2) is 21.2 Å². The molecule has 2 aromatic heterocycles. The van der Waals surface area contributed by atoms with E-state index in [1.165, 1.54) is 0 Å². The number of carbonyl (C=O) groups is 1. The largest absolute Gasteiger partial charge is 0.443 e. The number of nitrogens with one attached hydrogen (secondary N) is 1. The van der Waals surface area contributed by atoms with Gasteiger partial charge in [-0.1, -0.05) is 66.7 Å². The van der Waals surface area contributed by atoms with Gasteiger partial charge in [0.05, 0.1) is 16.6 Å². The van der Waals surface area contributed by atoms with Gasteiger partial charge in [0.2, 0.25) is 0 Å². The standard InChI is InChI=1S/C29H24N2O2/c1-29(2,3)33-28(32)31-24-16-10-8-13-19(24)22-17-21(18-11-5-4-6-12-18)25-20-14-7-9-15-23(20)30-26(25)27(22)31/h4-17,30H,1-3H3. The van der Waals surface area contributed by atoms with E-state index in [9.17, 15) is 4.79 Å². The van der Waals surface area contributed by atoms with Gasteiger partial charge in [0.25, 0.3) is 0 Å². The minimum absolute atomic E-state index is 0.374. The number of rotatable bonds is 1. The lowest BCUT2D eigenvalue weighted by Gasteiger charge is -2.20. The molecule has 0 fully saturated rings. The summed E-state index contributed by atoms with van der Waals surface area (Å²) in [5.41, 5.74) is 5.35. The highest BCUT2D eigenvalue weighted by Crippen LogP contribution is 2.42. The number of ether oxygens (including phenoxy) is 1. The second-order valence-electron chi connectivity index (χ2n) is 9.44. The van der Waals surface area contributed by atoms with E-state index in [1.54, 1.807) is 4.57 Å². The molecule has 4 nitrogen and oxygen atoms in total. The molecule has 162 valence electrons. The Morgan fingerprint density at radius 3 is 2.24 bits per heavy atom. The van der Waals surface area contributed by atoms with Crippen molar-refractivity contribution in [3.05, 3.63) is 84.9 Å². The topological polar surface area (TPSA) is 47.0 Å². The Labute approximate surface area is 191 Å². The van der Waals surface area contributed by atoms with E-state index in [-0.39, 0.29) is 6.09 Å². The van der Waals surface area contributed by atoms with E-state index in [4.69, 9.17) is 4.74 Å². The second-order valence-corrected chi connectivity index (χ2v) is 9.44. The molecule has 6 aromatic rings. The quantitative estimate of drug-likeness (QED) is 0.287. The van der Waals surface area contributed by atoms with Crippen molar-refractivity contribution in [1.82, 2.24) is 9.55 Å². The third kappa shape index (κ3) is 3.02. The number of carbonyl (C=O) groups excluding carboxylic acids is 1. The zero-order valence-electron chi connectivity index (χ0n) is 18.8. The molecule has 0 amide bonds. The summed E-state index contributed by atoms with van der Waals surface area (Å²) in [5, 5.41) is 4.29. The number of aromatic nitrogens is 2. The fourth-order valence-corrected chi connectivity index (χ4v) is 4.82. The normalized spacial score (nSPS) is 12.2. The number of aromatic amines is 1. The number of hydrogen-bond acceptors (Lipinski definition) is 2. The van der Waals surface area contributed by atoms with Crippen molar-refractivity contribution in [2.24, 2.45) is 0 Å². The average molecular weight is 433 g/mol. The van der Waals surface area contributed by atoms with Crippen LogP contribution in [0.4, 0.5) is 4.79 Å². The third-order valence-electron chi connectivity index (χ3n) is 6.08. The van der Waals surface area contributed by atoms with Crippen molar-refractivity contribution in [2.75, 3.05) is 0 Å². The summed E-state index contributed by atoms with van der Waals surface area (Å²) in [4.78, 5) is 17.1. The predicted octanol–water partition coefficient (Wildman–Crippen LogP) is 7.88.